The Hall–Kier alpha value is -2.24. The van der Waals surface area contributed by atoms with Crippen LogP contribution in [0.4, 0.5) is 0 Å². The average molecular weight is 200 g/mol. The first-order chi connectivity index (χ1) is 7.33. The minimum absolute atomic E-state index is 0.826. The molecule has 0 amide bonds. The molecule has 0 aliphatic rings. The third kappa shape index (κ3) is 1.26. The van der Waals surface area contributed by atoms with Gasteiger partial charge >= 0.3 is 0 Å². The number of aromatic nitrogens is 6. The van der Waals surface area contributed by atoms with Gasteiger partial charge in [0.1, 0.15) is 11.0 Å². The molecule has 0 saturated heterocycles. The van der Waals surface area contributed by atoms with E-state index < -0.39 is 0 Å². The minimum atomic E-state index is 0.826. The first-order valence-corrected chi connectivity index (χ1v) is 4.55. The Labute approximate surface area is 85.1 Å². The van der Waals surface area contributed by atoms with E-state index in [1.165, 1.54) is 9.81 Å². The Morgan fingerprint density at radius 2 is 1.60 bits per heavy atom. The fraction of sp³-hybridized carbons (Fsp3) is 0.111. The molecule has 6 nitrogen and oxygen atoms in total. The van der Waals surface area contributed by atoms with E-state index in [2.05, 4.69) is 20.4 Å². The van der Waals surface area contributed by atoms with E-state index in [-0.39, 0.29) is 0 Å². The van der Waals surface area contributed by atoms with Crippen molar-refractivity contribution in [1.82, 2.24) is 30.2 Å². The molecule has 6 heteroatoms. The average Bonchev–Trinajstić information content (AvgIpc) is 2.82. The van der Waals surface area contributed by atoms with Crippen molar-refractivity contribution in [2.75, 3.05) is 0 Å². The molecule has 2 aromatic heterocycles. The quantitative estimate of drug-likeness (QED) is 0.578. The normalized spacial score (nSPS) is 11.0. The van der Waals surface area contributed by atoms with Gasteiger partial charge in [-0.15, -0.1) is 20.4 Å². The summed E-state index contributed by atoms with van der Waals surface area (Å²) in [5.41, 5.74) is 2.48. The van der Waals surface area contributed by atoms with E-state index in [4.69, 9.17) is 0 Å². The SMILES string of the molecule is Cc1cnn(-n2nc3ccccc3n2)n1. The molecule has 3 rings (SSSR count). The maximum atomic E-state index is 4.24. The van der Waals surface area contributed by atoms with Gasteiger partial charge < -0.3 is 0 Å². The monoisotopic (exact) mass is 200 g/mol. The predicted octanol–water partition coefficient (Wildman–Crippen LogP) is 0.643. The van der Waals surface area contributed by atoms with E-state index in [9.17, 15) is 0 Å². The van der Waals surface area contributed by atoms with Crippen molar-refractivity contribution in [3.63, 3.8) is 0 Å². The number of fused-ring (bicyclic) bond motifs is 1. The highest BCUT2D eigenvalue weighted by molar-refractivity contribution is 5.72. The highest BCUT2D eigenvalue weighted by Crippen LogP contribution is 2.06. The van der Waals surface area contributed by atoms with Crippen LogP contribution in [0.3, 0.4) is 0 Å². The van der Waals surface area contributed by atoms with Crippen molar-refractivity contribution in [2.45, 2.75) is 6.92 Å². The van der Waals surface area contributed by atoms with Crippen LogP contribution in [-0.4, -0.2) is 30.2 Å². The van der Waals surface area contributed by atoms with Crippen LogP contribution in [0.25, 0.3) is 11.0 Å². The van der Waals surface area contributed by atoms with Gasteiger partial charge in [-0.25, -0.2) is 0 Å². The highest BCUT2D eigenvalue weighted by atomic mass is 15.8. The van der Waals surface area contributed by atoms with Crippen molar-refractivity contribution in [3.8, 4) is 0 Å². The molecule has 2 heterocycles. The first-order valence-electron chi connectivity index (χ1n) is 4.55. The van der Waals surface area contributed by atoms with Crippen LogP contribution in [-0.2, 0) is 0 Å². The lowest BCUT2D eigenvalue weighted by Gasteiger charge is -1.92. The van der Waals surface area contributed by atoms with Crippen LogP contribution < -0.4 is 0 Å². The molecule has 0 spiro atoms. The summed E-state index contributed by atoms with van der Waals surface area (Å²) in [7, 11) is 0. The second kappa shape index (κ2) is 2.88. The number of rotatable bonds is 1. The number of hydrogen-bond donors (Lipinski definition) is 0. The van der Waals surface area contributed by atoms with E-state index in [0.29, 0.717) is 0 Å². The summed E-state index contributed by atoms with van der Waals surface area (Å²) in [6.07, 6.45) is 1.66. The molecule has 0 aliphatic carbocycles. The second-order valence-electron chi connectivity index (χ2n) is 3.21. The summed E-state index contributed by atoms with van der Waals surface area (Å²) in [5, 5.41) is 16.6. The van der Waals surface area contributed by atoms with Crippen LogP contribution in [0, 0.1) is 6.92 Å². The Bertz CT molecular complexity index is 575. The molecule has 15 heavy (non-hydrogen) atoms. The van der Waals surface area contributed by atoms with Crippen LogP contribution >= 0.6 is 0 Å². The van der Waals surface area contributed by atoms with Gasteiger partial charge in [0.25, 0.3) is 0 Å². The third-order valence-electron chi connectivity index (χ3n) is 2.03. The van der Waals surface area contributed by atoms with E-state index in [1.807, 2.05) is 31.2 Å². The van der Waals surface area contributed by atoms with Gasteiger partial charge in [-0.2, -0.15) is 0 Å². The second-order valence-corrected chi connectivity index (χ2v) is 3.21. The number of hydrogen-bond acceptors (Lipinski definition) is 4. The summed E-state index contributed by atoms with van der Waals surface area (Å²) in [4.78, 5) is 2.73. The van der Waals surface area contributed by atoms with Gasteiger partial charge in [0.05, 0.1) is 11.9 Å². The largest absolute Gasteiger partial charge is 0.137 e. The molecule has 0 radical (unpaired) electrons. The highest BCUT2D eigenvalue weighted by Gasteiger charge is 2.04. The Morgan fingerprint density at radius 1 is 0.933 bits per heavy atom. The maximum Gasteiger partial charge on any atom is 0.115 e. The van der Waals surface area contributed by atoms with Crippen molar-refractivity contribution in [1.29, 1.82) is 0 Å². The molecule has 74 valence electrons. The zero-order valence-corrected chi connectivity index (χ0v) is 8.07. The van der Waals surface area contributed by atoms with Crippen LogP contribution in [0.15, 0.2) is 30.5 Å². The molecule has 0 bridgehead atoms. The number of aryl methyl sites for hydroxylation is 1. The van der Waals surface area contributed by atoms with Gasteiger partial charge in [-0.1, -0.05) is 12.1 Å². The van der Waals surface area contributed by atoms with Crippen molar-refractivity contribution in [3.05, 3.63) is 36.2 Å². The first kappa shape index (κ1) is 8.10. The molecular weight excluding hydrogens is 192 g/mol. The standard InChI is InChI=1S/C9H8N6/c1-7-6-10-14(11-7)15-12-8-4-2-3-5-9(8)13-15/h2-6H,1H3. The molecule has 0 aliphatic heterocycles. The summed E-state index contributed by atoms with van der Waals surface area (Å²) >= 11 is 0. The van der Waals surface area contributed by atoms with Crippen molar-refractivity contribution >= 4 is 11.0 Å². The fourth-order valence-corrected chi connectivity index (χ4v) is 1.34. The van der Waals surface area contributed by atoms with E-state index in [0.717, 1.165) is 16.7 Å². The third-order valence-corrected chi connectivity index (χ3v) is 2.03. The Balaban J connectivity index is 2.19. The lowest BCUT2D eigenvalue weighted by molar-refractivity contribution is 0.392. The van der Waals surface area contributed by atoms with Gasteiger partial charge in [-0.05, 0) is 28.9 Å². The minimum Gasteiger partial charge on any atom is -0.137 e. The summed E-state index contributed by atoms with van der Waals surface area (Å²) in [6.45, 7) is 1.87. The van der Waals surface area contributed by atoms with E-state index >= 15 is 0 Å². The smallest absolute Gasteiger partial charge is 0.115 e. The van der Waals surface area contributed by atoms with Gasteiger partial charge in [0.2, 0.25) is 0 Å². The number of benzene rings is 1. The molecule has 0 saturated carbocycles. The maximum absolute atomic E-state index is 4.24. The lowest BCUT2D eigenvalue weighted by Crippen LogP contribution is -2.16. The molecule has 0 fully saturated rings. The van der Waals surface area contributed by atoms with Crippen LogP contribution in [0.2, 0.25) is 0 Å². The topological polar surface area (TPSA) is 61.4 Å². The van der Waals surface area contributed by atoms with Gasteiger partial charge in [0.15, 0.2) is 0 Å². The van der Waals surface area contributed by atoms with Crippen LogP contribution in [0.1, 0.15) is 5.69 Å². The molecule has 0 N–H and O–H groups in total. The predicted molar refractivity (Wildman–Crippen MR) is 53.1 cm³/mol. The van der Waals surface area contributed by atoms with Crippen molar-refractivity contribution in [2.24, 2.45) is 0 Å². The zero-order chi connectivity index (χ0) is 10.3. The number of nitrogens with zero attached hydrogens (tertiary/aromatic N) is 6. The Kier molecular flexibility index (Phi) is 1.55. The van der Waals surface area contributed by atoms with E-state index in [1.54, 1.807) is 6.20 Å². The molecule has 3 aromatic rings. The Morgan fingerprint density at radius 3 is 2.13 bits per heavy atom. The zero-order valence-electron chi connectivity index (χ0n) is 8.07. The van der Waals surface area contributed by atoms with Gasteiger partial charge in [-0.3, -0.25) is 0 Å². The lowest BCUT2D eigenvalue weighted by atomic mass is 10.3. The molecular formula is C9H8N6. The molecule has 0 unspecified atom stereocenters. The summed E-state index contributed by atoms with van der Waals surface area (Å²) in [5.74, 6) is 0. The van der Waals surface area contributed by atoms with Crippen LogP contribution in [0.5, 0.6) is 0 Å². The van der Waals surface area contributed by atoms with Crippen molar-refractivity contribution < 1.29 is 0 Å². The van der Waals surface area contributed by atoms with Gasteiger partial charge in [0, 0.05) is 0 Å². The fourth-order valence-electron chi connectivity index (χ4n) is 1.34. The summed E-state index contributed by atoms with van der Waals surface area (Å²) < 4.78 is 0. The molecule has 1 aromatic carbocycles. The molecule has 0 atom stereocenters. The summed E-state index contributed by atoms with van der Waals surface area (Å²) in [6, 6.07) is 7.64.